The lowest BCUT2D eigenvalue weighted by Crippen LogP contribution is -2.31. The first-order chi connectivity index (χ1) is 14.6. The average molecular weight is 472 g/mol. The first-order valence-electron chi connectivity index (χ1n) is 8.92. The lowest BCUT2D eigenvalue weighted by atomic mass is 10.2. The average Bonchev–Trinajstić information content (AvgIpc) is 3.01. The Kier molecular flexibility index (Phi) is 6.80. The number of thioether (sulfide) groups is 1. The van der Waals surface area contributed by atoms with Crippen LogP contribution in [0.4, 0.5) is 24.5 Å². The maximum Gasteiger partial charge on any atom is 0.417 e. The number of carbonyl (C=O) groups excluding carboxylic acids is 2. The predicted molar refractivity (Wildman–Crippen MR) is 115 cm³/mol. The summed E-state index contributed by atoms with van der Waals surface area (Å²) < 4.78 is 44.3. The van der Waals surface area contributed by atoms with Crippen LogP contribution in [0.15, 0.2) is 47.5 Å². The fraction of sp³-hybridized carbons (Fsp3) is 0.250. The molecule has 1 aliphatic heterocycles. The van der Waals surface area contributed by atoms with Crippen molar-refractivity contribution in [2.24, 2.45) is 4.99 Å². The van der Waals surface area contributed by atoms with Gasteiger partial charge >= 0.3 is 6.18 Å². The largest absolute Gasteiger partial charge is 0.497 e. The number of benzene rings is 2. The van der Waals surface area contributed by atoms with Gasteiger partial charge in [-0.1, -0.05) is 23.4 Å². The smallest absolute Gasteiger partial charge is 0.417 e. The van der Waals surface area contributed by atoms with E-state index in [0.29, 0.717) is 11.4 Å². The van der Waals surface area contributed by atoms with Crippen LogP contribution < -0.4 is 15.0 Å². The molecule has 1 fully saturated rings. The minimum atomic E-state index is -4.61. The monoisotopic (exact) mass is 471 g/mol. The third-order valence-corrected chi connectivity index (χ3v) is 5.91. The third-order valence-electron chi connectivity index (χ3n) is 4.42. The van der Waals surface area contributed by atoms with Gasteiger partial charge in [0.1, 0.15) is 11.0 Å². The number of amidine groups is 1. The zero-order valence-corrected chi connectivity index (χ0v) is 17.9. The second kappa shape index (κ2) is 9.19. The Morgan fingerprint density at radius 1 is 1.23 bits per heavy atom. The molecule has 31 heavy (non-hydrogen) atoms. The summed E-state index contributed by atoms with van der Waals surface area (Å²) >= 11 is 6.61. The maximum atomic E-state index is 13.1. The van der Waals surface area contributed by atoms with E-state index < -0.39 is 27.9 Å². The molecule has 3 rings (SSSR count). The van der Waals surface area contributed by atoms with Crippen molar-refractivity contribution < 1.29 is 27.5 Å². The van der Waals surface area contributed by atoms with Gasteiger partial charge in [-0.2, -0.15) is 13.2 Å². The summed E-state index contributed by atoms with van der Waals surface area (Å²) in [6.07, 6.45) is -4.68. The molecule has 0 aliphatic carbocycles. The van der Waals surface area contributed by atoms with Crippen LogP contribution in [0.5, 0.6) is 5.75 Å². The lowest BCUT2D eigenvalue weighted by molar-refractivity contribution is -0.137. The number of ether oxygens (including phenoxy) is 1. The van der Waals surface area contributed by atoms with E-state index in [2.05, 4.69) is 10.3 Å². The molecule has 11 heteroatoms. The van der Waals surface area contributed by atoms with E-state index in [1.54, 1.807) is 24.3 Å². The summed E-state index contributed by atoms with van der Waals surface area (Å²) in [6.45, 7) is 0. The summed E-state index contributed by atoms with van der Waals surface area (Å²) in [6, 6.07) is 9.82. The zero-order valence-electron chi connectivity index (χ0n) is 16.4. The second-order valence-electron chi connectivity index (χ2n) is 6.42. The fourth-order valence-electron chi connectivity index (χ4n) is 2.92. The molecule has 1 N–H and O–H groups in total. The Labute approximate surface area is 185 Å². The number of nitrogens with one attached hydrogen (secondary N) is 1. The molecule has 1 aliphatic rings. The highest BCUT2D eigenvalue weighted by atomic mass is 35.5. The molecule has 1 unspecified atom stereocenters. The maximum absolute atomic E-state index is 13.1. The molecule has 2 aromatic carbocycles. The van der Waals surface area contributed by atoms with Crippen molar-refractivity contribution in [2.45, 2.75) is 17.8 Å². The Bertz CT molecular complexity index is 1030. The molecule has 0 spiro atoms. The van der Waals surface area contributed by atoms with Gasteiger partial charge in [0.15, 0.2) is 5.17 Å². The number of rotatable bonds is 4. The van der Waals surface area contributed by atoms with Crippen molar-refractivity contribution in [2.75, 3.05) is 24.4 Å². The molecule has 0 bridgehead atoms. The number of halogens is 4. The SMILES string of the molecule is CN=C(Nc1ccc(Cl)c(C(F)(F)F)c1)SC1CC(=O)N(c2ccc(OC)cc2)C1=O. The number of methoxy groups -OCH3 is 1. The highest BCUT2D eigenvalue weighted by Crippen LogP contribution is 2.37. The third kappa shape index (κ3) is 5.13. The van der Waals surface area contributed by atoms with E-state index in [1.165, 1.54) is 20.2 Å². The Balaban J connectivity index is 1.74. The minimum absolute atomic E-state index is 0.0648. The van der Waals surface area contributed by atoms with Crippen LogP contribution in [0.1, 0.15) is 12.0 Å². The van der Waals surface area contributed by atoms with Gasteiger partial charge in [0.25, 0.3) is 0 Å². The summed E-state index contributed by atoms with van der Waals surface area (Å²) in [7, 11) is 2.93. The summed E-state index contributed by atoms with van der Waals surface area (Å²) in [5.41, 5.74) is -0.472. The fourth-order valence-corrected chi connectivity index (χ4v) is 4.12. The van der Waals surface area contributed by atoms with E-state index in [-0.39, 0.29) is 23.2 Å². The van der Waals surface area contributed by atoms with Crippen LogP contribution in [0.25, 0.3) is 0 Å². The summed E-state index contributed by atoms with van der Waals surface area (Å²) in [5, 5.41) is 1.76. The number of alkyl halides is 3. The molecule has 6 nitrogen and oxygen atoms in total. The van der Waals surface area contributed by atoms with Gasteiger partial charge in [-0.3, -0.25) is 14.6 Å². The van der Waals surface area contributed by atoms with Crippen molar-refractivity contribution in [1.82, 2.24) is 0 Å². The Hall–Kier alpha value is -2.72. The van der Waals surface area contributed by atoms with E-state index in [1.807, 2.05) is 0 Å². The number of anilines is 2. The normalized spacial score (nSPS) is 17.3. The van der Waals surface area contributed by atoms with Gasteiger partial charge in [-0.25, -0.2) is 4.90 Å². The van der Waals surface area contributed by atoms with Gasteiger partial charge in [0.05, 0.1) is 23.4 Å². The standard InChI is InChI=1S/C20H17ClF3N3O3S/c1-25-19(26-11-3-8-15(21)14(9-11)20(22,23)24)31-16-10-17(28)27(18(16)29)12-4-6-13(30-2)7-5-12/h3-9,16H,10H2,1-2H3,(H,25,26). The molecule has 2 amide bonds. The van der Waals surface area contributed by atoms with Gasteiger partial charge in [-0.15, -0.1) is 0 Å². The van der Waals surface area contributed by atoms with Crippen LogP contribution in [-0.2, 0) is 15.8 Å². The number of imide groups is 1. The Morgan fingerprint density at radius 3 is 2.48 bits per heavy atom. The molecule has 1 heterocycles. The first kappa shape index (κ1) is 23.0. The van der Waals surface area contributed by atoms with Crippen LogP contribution >= 0.6 is 23.4 Å². The number of hydrogen-bond donors (Lipinski definition) is 1. The molecule has 0 saturated carbocycles. The van der Waals surface area contributed by atoms with Crippen molar-refractivity contribution in [1.29, 1.82) is 0 Å². The van der Waals surface area contributed by atoms with Crippen molar-refractivity contribution in [3.63, 3.8) is 0 Å². The van der Waals surface area contributed by atoms with Crippen LogP contribution in [0.3, 0.4) is 0 Å². The topological polar surface area (TPSA) is 71.0 Å². The number of nitrogens with zero attached hydrogens (tertiary/aromatic N) is 2. The molecule has 164 valence electrons. The molecule has 0 radical (unpaired) electrons. The molecule has 1 atom stereocenters. The van der Waals surface area contributed by atoms with E-state index in [9.17, 15) is 22.8 Å². The summed E-state index contributed by atoms with van der Waals surface area (Å²) in [4.78, 5) is 30.3. The van der Waals surface area contributed by atoms with E-state index in [4.69, 9.17) is 16.3 Å². The minimum Gasteiger partial charge on any atom is -0.497 e. The quantitative estimate of drug-likeness (QED) is 0.393. The number of aliphatic imine (C=N–C) groups is 1. The zero-order chi connectivity index (χ0) is 22.8. The molecule has 0 aromatic heterocycles. The Morgan fingerprint density at radius 2 is 1.90 bits per heavy atom. The molecular weight excluding hydrogens is 455 g/mol. The van der Waals surface area contributed by atoms with Gasteiger partial charge in [-0.05, 0) is 42.5 Å². The number of hydrogen-bond acceptors (Lipinski definition) is 5. The van der Waals surface area contributed by atoms with Crippen molar-refractivity contribution in [3.05, 3.63) is 53.1 Å². The highest BCUT2D eigenvalue weighted by Gasteiger charge is 2.41. The van der Waals surface area contributed by atoms with E-state index in [0.717, 1.165) is 28.8 Å². The molecule has 1 saturated heterocycles. The van der Waals surface area contributed by atoms with Crippen molar-refractivity contribution in [3.8, 4) is 5.75 Å². The van der Waals surface area contributed by atoms with Gasteiger partial charge in [0.2, 0.25) is 11.8 Å². The second-order valence-corrected chi connectivity index (χ2v) is 8.02. The summed E-state index contributed by atoms with van der Waals surface area (Å²) in [5.74, 6) is -0.233. The van der Waals surface area contributed by atoms with Gasteiger partial charge in [0, 0.05) is 19.2 Å². The van der Waals surface area contributed by atoms with Crippen molar-refractivity contribution >= 4 is 51.7 Å². The van der Waals surface area contributed by atoms with Crippen LogP contribution in [0.2, 0.25) is 5.02 Å². The van der Waals surface area contributed by atoms with E-state index >= 15 is 0 Å². The van der Waals surface area contributed by atoms with Crippen LogP contribution in [0, 0.1) is 0 Å². The molecule has 2 aromatic rings. The van der Waals surface area contributed by atoms with Crippen LogP contribution in [-0.4, -0.2) is 36.4 Å². The predicted octanol–water partition coefficient (Wildman–Crippen LogP) is 4.83. The molecular formula is C20H17ClF3N3O3S. The van der Waals surface area contributed by atoms with Gasteiger partial charge < -0.3 is 10.1 Å². The lowest BCUT2D eigenvalue weighted by Gasteiger charge is -2.16. The number of amides is 2. The first-order valence-corrected chi connectivity index (χ1v) is 10.2. The highest BCUT2D eigenvalue weighted by molar-refractivity contribution is 8.15. The number of carbonyl (C=O) groups is 2.